The number of hydrogen-bond donors (Lipinski definition) is 1. The Hall–Kier alpha value is -2.80. The molecular formula is C20H17F2NO3S. The molecule has 0 fully saturated rings. The minimum atomic E-state index is -1.02. The molecule has 1 aromatic heterocycles. The lowest BCUT2D eigenvalue weighted by atomic mass is 10.1. The fraction of sp³-hybridized carbons (Fsp3) is 0.200. The molecule has 0 aliphatic rings. The number of aliphatic carboxylic acids is 1. The smallest absolute Gasteiger partial charge is 0.303 e. The lowest BCUT2D eigenvalue weighted by molar-refractivity contribution is -0.136. The number of carboxylic acids is 1. The largest absolute Gasteiger partial charge is 0.482 e. The highest BCUT2D eigenvalue weighted by Crippen LogP contribution is 2.31. The highest BCUT2D eigenvalue weighted by Gasteiger charge is 2.17. The van der Waals surface area contributed by atoms with E-state index in [1.165, 1.54) is 11.3 Å². The monoisotopic (exact) mass is 389 g/mol. The highest BCUT2D eigenvalue weighted by atomic mass is 32.1. The first kappa shape index (κ1) is 19.0. The summed E-state index contributed by atoms with van der Waals surface area (Å²) < 4.78 is 33.9. The molecule has 27 heavy (non-hydrogen) atoms. The van der Waals surface area contributed by atoms with Gasteiger partial charge in [-0.15, -0.1) is 11.3 Å². The average molecular weight is 389 g/mol. The van der Waals surface area contributed by atoms with E-state index < -0.39 is 23.4 Å². The molecule has 3 rings (SSSR count). The molecule has 4 nitrogen and oxygen atoms in total. The number of benzene rings is 2. The van der Waals surface area contributed by atoms with E-state index in [1.807, 2.05) is 37.3 Å². The van der Waals surface area contributed by atoms with E-state index in [4.69, 9.17) is 9.84 Å². The molecule has 0 spiro atoms. The Morgan fingerprint density at radius 1 is 1.19 bits per heavy atom. The third kappa shape index (κ3) is 4.68. The van der Waals surface area contributed by atoms with Crippen molar-refractivity contribution in [1.82, 2.24) is 4.98 Å². The number of rotatable bonds is 7. The first-order valence-electron chi connectivity index (χ1n) is 8.28. The maximum atomic E-state index is 14.2. The second-order valence-corrected chi connectivity index (χ2v) is 7.23. The SMILES string of the molecule is Cc1nc(-c2ccccc2)c(COc2c(F)cc(CCC(=O)O)cc2F)s1. The number of aromatic nitrogens is 1. The van der Waals surface area contributed by atoms with Crippen molar-refractivity contribution in [3.05, 3.63) is 69.5 Å². The Morgan fingerprint density at radius 2 is 1.85 bits per heavy atom. The molecule has 0 saturated carbocycles. The van der Waals surface area contributed by atoms with E-state index >= 15 is 0 Å². The molecule has 2 aromatic carbocycles. The fourth-order valence-electron chi connectivity index (χ4n) is 2.67. The zero-order chi connectivity index (χ0) is 19.4. The number of nitrogens with zero attached hydrogens (tertiary/aromatic N) is 1. The van der Waals surface area contributed by atoms with Crippen molar-refractivity contribution in [2.24, 2.45) is 0 Å². The maximum absolute atomic E-state index is 14.2. The van der Waals surface area contributed by atoms with E-state index in [1.54, 1.807) is 0 Å². The molecule has 0 aliphatic carbocycles. The van der Waals surface area contributed by atoms with Crippen LogP contribution in [0.25, 0.3) is 11.3 Å². The molecule has 0 amide bonds. The van der Waals surface area contributed by atoms with Crippen molar-refractivity contribution in [2.45, 2.75) is 26.4 Å². The predicted octanol–water partition coefficient (Wildman–Crippen LogP) is 4.99. The standard InChI is InChI=1S/C20H17F2NO3S/c1-12-23-19(14-5-3-2-4-6-14)17(27-12)11-26-20-15(21)9-13(10-16(20)22)7-8-18(24)25/h2-6,9-10H,7-8,11H2,1H3,(H,24,25). The Balaban J connectivity index is 1.79. The Kier molecular flexibility index (Phi) is 5.81. The zero-order valence-electron chi connectivity index (χ0n) is 14.5. The number of thiazole rings is 1. The van der Waals surface area contributed by atoms with Gasteiger partial charge in [0.15, 0.2) is 17.4 Å². The van der Waals surface area contributed by atoms with E-state index in [0.29, 0.717) is 0 Å². The van der Waals surface area contributed by atoms with Gasteiger partial charge >= 0.3 is 5.97 Å². The Labute approximate surface area is 159 Å². The van der Waals surface area contributed by atoms with Crippen molar-refractivity contribution in [1.29, 1.82) is 0 Å². The lowest BCUT2D eigenvalue weighted by Crippen LogP contribution is -2.03. The maximum Gasteiger partial charge on any atom is 0.303 e. The van der Waals surface area contributed by atoms with Gasteiger partial charge in [-0.1, -0.05) is 30.3 Å². The molecular weight excluding hydrogens is 372 g/mol. The number of carboxylic acid groups (broad SMARTS) is 1. The van der Waals surface area contributed by atoms with Crippen LogP contribution in [0, 0.1) is 18.6 Å². The Bertz CT molecular complexity index is 934. The van der Waals surface area contributed by atoms with Crippen LogP contribution >= 0.6 is 11.3 Å². The van der Waals surface area contributed by atoms with Gasteiger partial charge in [-0.05, 0) is 31.0 Å². The number of halogens is 2. The van der Waals surface area contributed by atoms with Gasteiger partial charge in [-0.2, -0.15) is 0 Å². The quantitative estimate of drug-likeness (QED) is 0.618. The first-order valence-corrected chi connectivity index (χ1v) is 9.10. The summed E-state index contributed by atoms with van der Waals surface area (Å²) >= 11 is 1.41. The molecule has 3 aromatic rings. The van der Waals surface area contributed by atoms with Gasteiger partial charge in [-0.3, -0.25) is 4.79 Å². The predicted molar refractivity (Wildman–Crippen MR) is 98.9 cm³/mol. The van der Waals surface area contributed by atoms with E-state index in [-0.39, 0.29) is 25.0 Å². The van der Waals surface area contributed by atoms with Gasteiger partial charge in [0.2, 0.25) is 0 Å². The summed E-state index contributed by atoms with van der Waals surface area (Å²) in [5, 5.41) is 9.51. The van der Waals surface area contributed by atoms with Crippen LogP contribution in [0.1, 0.15) is 21.9 Å². The molecule has 0 saturated heterocycles. The summed E-state index contributed by atoms with van der Waals surface area (Å²) in [4.78, 5) is 15.9. The molecule has 0 aliphatic heterocycles. The summed E-state index contributed by atoms with van der Waals surface area (Å²) in [7, 11) is 0. The topological polar surface area (TPSA) is 59.4 Å². The average Bonchev–Trinajstić information content (AvgIpc) is 3.00. The number of carbonyl (C=O) groups is 1. The van der Waals surface area contributed by atoms with Crippen molar-refractivity contribution in [2.75, 3.05) is 0 Å². The van der Waals surface area contributed by atoms with Crippen LogP contribution in [0.4, 0.5) is 8.78 Å². The molecule has 0 bridgehead atoms. The van der Waals surface area contributed by atoms with Crippen LogP contribution in [0.5, 0.6) is 5.75 Å². The summed E-state index contributed by atoms with van der Waals surface area (Å²) in [5.74, 6) is -3.19. The fourth-order valence-corrected chi connectivity index (χ4v) is 3.54. The van der Waals surface area contributed by atoms with E-state index in [9.17, 15) is 13.6 Å². The molecule has 140 valence electrons. The second kappa shape index (κ2) is 8.26. The summed E-state index contributed by atoms with van der Waals surface area (Å²) in [6, 6.07) is 11.7. The van der Waals surface area contributed by atoms with E-state index in [0.717, 1.165) is 33.3 Å². The third-order valence-electron chi connectivity index (χ3n) is 3.88. The third-order valence-corrected chi connectivity index (χ3v) is 4.83. The minimum Gasteiger partial charge on any atom is -0.482 e. The zero-order valence-corrected chi connectivity index (χ0v) is 15.4. The van der Waals surface area contributed by atoms with Crippen molar-refractivity contribution >= 4 is 17.3 Å². The van der Waals surface area contributed by atoms with Crippen LogP contribution < -0.4 is 4.74 Å². The van der Waals surface area contributed by atoms with Crippen LogP contribution in [0.15, 0.2) is 42.5 Å². The molecule has 1 heterocycles. The molecule has 7 heteroatoms. The van der Waals surface area contributed by atoms with Crippen molar-refractivity contribution in [3.63, 3.8) is 0 Å². The number of ether oxygens (including phenoxy) is 1. The van der Waals surface area contributed by atoms with Crippen LogP contribution in [-0.2, 0) is 17.8 Å². The van der Waals surface area contributed by atoms with Crippen LogP contribution in [0.3, 0.4) is 0 Å². The summed E-state index contributed by atoms with van der Waals surface area (Å²) in [6.45, 7) is 1.84. The van der Waals surface area contributed by atoms with Gasteiger partial charge in [0.25, 0.3) is 0 Å². The molecule has 0 atom stereocenters. The van der Waals surface area contributed by atoms with Gasteiger partial charge < -0.3 is 9.84 Å². The number of hydrogen-bond acceptors (Lipinski definition) is 4. The van der Waals surface area contributed by atoms with Crippen LogP contribution in [-0.4, -0.2) is 16.1 Å². The first-order chi connectivity index (χ1) is 12.9. The van der Waals surface area contributed by atoms with Gasteiger partial charge in [0.1, 0.15) is 6.61 Å². The van der Waals surface area contributed by atoms with Crippen LogP contribution in [0.2, 0.25) is 0 Å². The second-order valence-electron chi connectivity index (χ2n) is 5.94. The normalized spacial score (nSPS) is 10.8. The van der Waals surface area contributed by atoms with E-state index in [2.05, 4.69) is 4.98 Å². The minimum absolute atomic E-state index is 0.0158. The molecule has 0 radical (unpaired) electrons. The molecule has 1 N–H and O–H groups in total. The van der Waals surface area contributed by atoms with Gasteiger partial charge in [0.05, 0.1) is 15.6 Å². The molecule has 0 unspecified atom stereocenters. The Morgan fingerprint density at radius 3 is 2.48 bits per heavy atom. The summed E-state index contributed by atoms with van der Waals surface area (Å²) in [6.07, 6.45) is -0.144. The van der Waals surface area contributed by atoms with Crippen molar-refractivity contribution < 1.29 is 23.4 Å². The summed E-state index contributed by atoms with van der Waals surface area (Å²) in [5.41, 5.74) is 1.92. The van der Waals surface area contributed by atoms with Gasteiger partial charge in [0, 0.05) is 12.0 Å². The number of aryl methyl sites for hydroxylation is 2. The highest BCUT2D eigenvalue weighted by molar-refractivity contribution is 7.12. The van der Waals surface area contributed by atoms with Gasteiger partial charge in [-0.25, -0.2) is 13.8 Å². The lowest BCUT2D eigenvalue weighted by Gasteiger charge is -2.10. The van der Waals surface area contributed by atoms with Crippen molar-refractivity contribution in [3.8, 4) is 17.0 Å².